The average Bonchev–Trinajstić information content (AvgIpc) is 3.44. The number of para-hydroxylation sites is 1. The lowest BCUT2D eigenvalue weighted by atomic mass is 10.0. The quantitative estimate of drug-likeness (QED) is 0.271. The number of nitrogens with zero attached hydrogens (tertiary/aromatic N) is 3. The molecule has 0 unspecified atom stereocenters. The van der Waals surface area contributed by atoms with E-state index < -0.39 is 5.63 Å². The first-order chi connectivity index (χ1) is 17.6. The molecule has 0 saturated heterocycles. The second kappa shape index (κ2) is 11.0. The molecule has 0 saturated carbocycles. The number of hydrogen-bond acceptors (Lipinski definition) is 7. The number of thioether (sulfide) groups is 1. The van der Waals surface area contributed by atoms with Gasteiger partial charge in [0.1, 0.15) is 11.1 Å². The number of hydrogen-bond donors (Lipinski definition) is 2. The predicted molar refractivity (Wildman–Crippen MR) is 138 cm³/mol. The van der Waals surface area contributed by atoms with Crippen LogP contribution in [0.15, 0.2) is 75.0 Å². The zero-order chi connectivity index (χ0) is 24.9. The fraction of sp³-hybridized carbons (Fsp3) is 0.231. The van der Waals surface area contributed by atoms with Crippen LogP contribution in [-0.2, 0) is 24.3 Å². The molecule has 2 N–H and O–H groups in total. The van der Waals surface area contributed by atoms with Crippen molar-refractivity contribution in [3.05, 3.63) is 92.7 Å². The number of thiophene rings is 1. The SMILES string of the molecule is N#Cc1c(NC(=O)CCSc2c(=O)o[nH][n+]2-c2ccccc2)sc2c1CCN(Cc1ccccc1)C2. The summed E-state index contributed by atoms with van der Waals surface area (Å²) in [6.07, 6.45) is 0.980. The van der Waals surface area contributed by atoms with Gasteiger partial charge in [-0.3, -0.25) is 14.2 Å². The third-order valence-electron chi connectivity index (χ3n) is 5.94. The van der Waals surface area contributed by atoms with Crippen molar-refractivity contribution >= 4 is 34.0 Å². The van der Waals surface area contributed by atoms with Crippen LogP contribution in [0.25, 0.3) is 5.69 Å². The second-order valence-electron chi connectivity index (χ2n) is 8.37. The van der Waals surface area contributed by atoms with E-state index in [1.54, 1.807) is 4.68 Å². The van der Waals surface area contributed by atoms with Crippen LogP contribution in [0, 0.1) is 11.3 Å². The number of aromatic nitrogens is 2. The molecule has 10 heteroatoms. The summed E-state index contributed by atoms with van der Waals surface area (Å²) in [5.74, 6) is 0.198. The summed E-state index contributed by atoms with van der Waals surface area (Å²) >= 11 is 2.73. The van der Waals surface area contributed by atoms with Gasteiger partial charge in [-0.05, 0) is 39.3 Å². The van der Waals surface area contributed by atoms with E-state index >= 15 is 0 Å². The molecule has 1 aliphatic heterocycles. The number of rotatable bonds is 8. The highest BCUT2D eigenvalue weighted by Crippen LogP contribution is 2.37. The van der Waals surface area contributed by atoms with Crippen molar-refractivity contribution in [2.45, 2.75) is 31.0 Å². The Labute approximate surface area is 216 Å². The summed E-state index contributed by atoms with van der Waals surface area (Å²) in [7, 11) is 0. The van der Waals surface area contributed by atoms with Crippen LogP contribution in [0.3, 0.4) is 0 Å². The van der Waals surface area contributed by atoms with Crippen LogP contribution in [-0.4, -0.2) is 28.4 Å². The molecule has 0 atom stereocenters. The van der Waals surface area contributed by atoms with Gasteiger partial charge in [-0.2, -0.15) is 5.26 Å². The van der Waals surface area contributed by atoms with Gasteiger partial charge in [0.2, 0.25) is 11.6 Å². The molecule has 0 radical (unpaired) electrons. The number of nitriles is 1. The van der Waals surface area contributed by atoms with E-state index in [1.165, 1.54) is 28.7 Å². The van der Waals surface area contributed by atoms with Gasteiger partial charge in [0, 0.05) is 48.8 Å². The molecular weight excluding hydrogens is 494 g/mol. The Morgan fingerprint density at radius 3 is 2.69 bits per heavy atom. The average molecular weight is 519 g/mol. The number of fused-ring (bicyclic) bond motifs is 1. The van der Waals surface area contributed by atoms with Crippen LogP contribution in [0.2, 0.25) is 0 Å². The topological polar surface area (TPSA) is 106 Å². The molecule has 8 nitrogen and oxygen atoms in total. The molecule has 1 amide bonds. The highest BCUT2D eigenvalue weighted by molar-refractivity contribution is 7.99. The minimum absolute atomic E-state index is 0.190. The Morgan fingerprint density at radius 1 is 1.19 bits per heavy atom. The van der Waals surface area contributed by atoms with Crippen molar-refractivity contribution < 1.29 is 14.0 Å². The van der Waals surface area contributed by atoms with E-state index in [-0.39, 0.29) is 12.3 Å². The van der Waals surface area contributed by atoms with Crippen LogP contribution >= 0.6 is 23.1 Å². The third kappa shape index (κ3) is 5.28. The Hall–Kier alpha value is -3.65. The van der Waals surface area contributed by atoms with Gasteiger partial charge in [-0.1, -0.05) is 48.5 Å². The molecule has 0 spiro atoms. The third-order valence-corrected chi connectivity index (χ3v) is 8.10. The van der Waals surface area contributed by atoms with E-state index in [2.05, 4.69) is 33.7 Å². The fourth-order valence-corrected chi connectivity index (χ4v) is 6.37. The molecule has 182 valence electrons. The van der Waals surface area contributed by atoms with Crippen molar-refractivity contribution in [1.82, 2.24) is 10.2 Å². The zero-order valence-electron chi connectivity index (χ0n) is 19.4. The first kappa shape index (κ1) is 24.1. The normalized spacial score (nSPS) is 13.2. The Bertz CT molecular complexity index is 1450. The first-order valence-corrected chi connectivity index (χ1v) is 13.3. The van der Waals surface area contributed by atoms with Crippen LogP contribution in [0.1, 0.15) is 28.0 Å². The number of carbonyl (C=O) groups excluding carboxylic acids is 1. The number of anilines is 1. The molecule has 2 aromatic heterocycles. The maximum absolute atomic E-state index is 12.7. The molecular formula is C26H24N5O3S2+. The van der Waals surface area contributed by atoms with Gasteiger partial charge < -0.3 is 5.32 Å². The predicted octanol–water partition coefficient (Wildman–Crippen LogP) is 3.86. The molecule has 4 aromatic rings. The number of carbonyl (C=O) groups is 1. The summed E-state index contributed by atoms with van der Waals surface area (Å²) in [6, 6.07) is 21.9. The number of H-pyrrole nitrogens is 1. The van der Waals surface area contributed by atoms with Crippen molar-refractivity contribution in [1.29, 1.82) is 5.26 Å². The van der Waals surface area contributed by atoms with E-state index in [4.69, 9.17) is 4.52 Å². The van der Waals surface area contributed by atoms with Crippen LogP contribution < -0.4 is 15.6 Å². The van der Waals surface area contributed by atoms with Crippen LogP contribution in [0.5, 0.6) is 0 Å². The van der Waals surface area contributed by atoms with Gasteiger partial charge in [-0.15, -0.1) is 11.3 Å². The van der Waals surface area contributed by atoms with Gasteiger partial charge in [-0.25, -0.2) is 4.79 Å². The van der Waals surface area contributed by atoms with Crippen molar-refractivity contribution in [2.75, 3.05) is 17.6 Å². The largest absolute Gasteiger partial charge is 0.442 e. The maximum Gasteiger partial charge on any atom is 0.442 e. The Kier molecular flexibility index (Phi) is 7.32. The van der Waals surface area contributed by atoms with Gasteiger partial charge in [0.05, 0.1) is 5.56 Å². The van der Waals surface area contributed by atoms with E-state index in [9.17, 15) is 14.9 Å². The first-order valence-electron chi connectivity index (χ1n) is 11.5. The number of amides is 1. The Balaban J connectivity index is 1.21. The number of aromatic amines is 1. The lowest BCUT2D eigenvalue weighted by Gasteiger charge is -2.26. The number of nitrogens with one attached hydrogen (secondary N) is 2. The summed E-state index contributed by atoms with van der Waals surface area (Å²) in [5, 5.41) is 16.3. The minimum atomic E-state index is -0.484. The van der Waals surface area contributed by atoms with Crippen molar-refractivity contribution in [3.8, 4) is 11.8 Å². The van der Waals surface area contributed by atoms with Gasteiger partial charge in [0.15, 0.2) is 0 Å². The van der Waals surface area contributed by atoms with E-state index in [1.807, 2.05) is 48.5 Å². The second-order valence-corrected chi connectivity index (χ2v) is 10.6. The lowest BCUT2D eigenvalue weighted by molar-refractivity contribution is -0.704. The molecule has 3 heterocycles. The zero-order valence-corrected chi connectivity index (χ0v) is 21.0. The molecule has 0 fully saturated rings. The summed E-state index contributed by atoms with van der Waals surface area (Å²) < 4.78 is 6.51. The van der Waals surface area contributed by atoms with Gasteiger partial charge in [0.25, 0.3) is 0 Å². The molecule has 2 aromatic carbocycles. The summed E-state index contributed by atoms with van der Waals surface area (Å²) in [5.41, 5.74) is 3.16. The molecule has 1 aliphatic rings. The van der Waals surface area contributed by atoms with E-state index in [0.29, 0.717) is 21.3 Å². The molecule has 36 heavy (non-hydrogen) atoms. The van der Waals surface area contributed by atoms with E-state index in [0.717, 1.165) is 42.2 Å². The monoisotopic (exact) mass is 518 g/mol. The van der Waals surface area contributed by atoms with Crippen molar-refractivity contribution in [3.63, 3.8) is 0 Å². The Morgan fingerprint density at radius 2 is 1.94 bits per heavy atom. The minimum Gasteiger partial charge on any atom is -0.317 e. The lowest BCUT2D eigenvalue weighted by Crippen LogP contribution is -2.36. The highest BCUT2D eigenvalue weighted by atomic mass is 32.2. The summed E-state index contributed by atoms with van der Waals surface area (Å²) in [6.45, 7) is 2.49. The highest BCUT2D eigenvalue weighted by Gasteiger charge is 2.26. The number of benzene rings is 2. The maximum atomic E-state index is 12.7. The molecule has 5 rings (SSSR count). The summed E-state index contributed by atoms with van der Waals surface area (Å²) in [4.78, 5) is 28.3. The smallest absolute Gasteiger partial charge is 0.317 e. The van der Waals surface area contributed by atoms with Gasteiger partial charge >= 0.3 is 10.7 Å². The molecule has 0 aliphatic carbocycles. The molecule has 0 bridgehead atoms. The standard InChI is InChI=1S/C26H23N5O3S2/c27-15-21-20-11-13-30(16-18-7-3-1-4-8-18)17-22(20)36-24(21)28-23(32)12-14-35-25-26(33)34-29-31(25)19-9-5-2-6-10-19/h1-10H,11-14,16-17H2,(H-,28,29,32,33)/p+1. The van der Waals surface area contributed by atoms with Crippen LogP contribution in [0.4, 0.5) is 5.00 Å². The van der Waals surface area contributed by atoms with Crippen molar-refractivity contribution in [2.24, 2.45) is 0 Å². The fourth-order valence-electron chi connectivity index (χ4n) is 4.20.